The van der Waals surface area contributed by atoms with E-state index in [2.05, 4.69) is 10.2 Å². The molecule has 0 aromatic heterocycles. The standard InChI is InChI=1S/C23H30N2O7/c1-29-6-5-12-10-25-16-7-13(12)23(28,11-26)17(25)9-22(16)18-19(24-21(22)27)14(30-2)8-15(31-3)20(18)32-4/h5,8,13,16-17,26,28H,6-7,9-11H2,1-4H3,(H,24,27)/t13-,16-,17-,22+,23-/m1/s1. The molecule has 0 saturated carbocycles. The van der Waals surface area contributed by atoms with Crippen molar-refractivity contribution in [3.05, 3.63) is 23.3 Å². The van der Waals surface area contributed by atoms with Crippen molar-refractivity contribution >= 4 is 11.6 Å². The maximum atomic E-state index is 13.7. The minimum atomic E-state index is -1.34. The number of aliphatic hydroxyl groups excluding tert-OH is 1. The van der Waals surface area contributed by atoms with Crippen LogP contribution in [0.25, 0.3) is 0 Å². The van der Waals surface area contributed by atoms with Crippen molar-refractivity contribution in [3.63, 3.8) is 0 Å². The molecular weight excluding hydrogens is 416 g/mol. The van der Waals surface area contributed by atoms with Crippen LogP contribution in [0, 0.1) is 5.92 Å². The number of hydrogen-bond acceptors (Lipinski definition) is 8. The molecule has 5 aliphatic rings. The van der Waals surface area contributed by atoms with Crippen LogP contribution in [0.15, 0.2) is 17.7 Å². The van der Waals surface area contributed by atoms with Gasteiger partial charge in [-0.25, -0.2) is 0 Å². The molecule has 174 valence electrons. The highest BCUT2D eigenvalue weighted by molar-refractivity contribution is 6.10. The van der Waals surface area contributed by atoms with Crippen LogP contribution in [0.5, 0.6) is 17.2 Å². The molecule has 1 aromatic rings. The summed E-state index contributed by atoms with van der Waals surface area (Å²) in [5.74, 6) is 1.09. The first-order valence-electron chi connectivity index (χ1n) is 10.8. The van der Waals surface area contributed by atoms with Crippen molar-refractivity contribution in [1.29, 1.82) is 0 Å². The van der Waals surface area contributed by atoms with Crippen LogP contribution in [-0.4, -0.2) is 86.9 Å². The Labute approximate surface area is 186 Å². The Hall–Kier alpha value is -2.33. The molecule has 9 nitrogen and oxygen atoms in total. The largest absolute Gasteiger partial charge is 0.494 e. The van der Waals surface area contributed by atoms with Gasteiger partial charge in [0.2, 0.25) is 5.91 Å². The highest BCUT2D eigenvalue weighted by atomic mass is 16.5. The number of rotatable bonds is 6. The van der Waals surface area contributed by atoms with Gasteiger partial charge in [-0.15, -0.1) is 0 Å². The molecule has 0 radical (unpaired) electrons. The second-order valence-electron chi connectivity index (χ2n) is 9.07. The lowest BCUT2D eigenvalue weighted by atomic mass is 9.67. The zero-order valence-electron chi connectivity index (χ0n) is 18.8. The van der Waals surface area contributed by atoms with Gasteiger partial charge in [0.05, 0.1) is 45.6 Å². The lowest BCUT2D eigenvalue weighted by molar-refractivity contribution is -0.153. The van der Waals surface area contributed by atoms with Crippen LogP contribution < -0.4 is 19.5 Å². The fraction of sp³-hybridized carbons (Fsp3) is 0.609. The molecule has 9 heteroatoms. The molecule has 1 aromatic carbocycles. The quantitative estimate of drug-likeness (QED) is 0.548. The molecule has 4 saturated heterocycles. The van der Waals surface area contributed by atoms with Gasteiger partial charge in [-0.2, -0.15) is 0 Å². The molecule has 4 fully saturated rings. The maximum Gasteiger partial charge on any atom is 0.237 e. The number of aliphatic hydroxyl groups is 2. The van der Waals surface area contributed by atoms with Gasteiger partial charge in [0.1, 0.15) is 11.4 Å². The van der Waals surface area contributed by atoms with Gasteiger partial charge in [0.15, 0.2) is 11.5 Å². The number of nitrogens with one attached hydrogen (secondary N) is 1. The van der Waals surface area contributed by atoms with E-state index in [9.17, 15) is 15.0 Å². The third kappa shape index (κ3) is 2.45. The predicted molar refractivity (Wildman–Crippen MR) is 115 cm³/mol. The fourth-order valence-electron chi connectivity index (χ4n) is 6.68. The van der Waals surface area contributed by atoms with Crippen LogP contribution in [0.1, 0.15) is 18.4 Å². The number of hydrogen-bond donors (Lipinski definition) is 3. The second kappa shape index (κ2) is 7.34. The van der Waals surface area contributed by atoms with E-state index in [4.69, 9.17) is 18.9 Å². The molecule has 4 bridgehead atoms. The van der Waals surface area contributed by atoms with Crippen LogP contribution in [0.4, 0.5) is 5.69 Å². The van der Waals surface area contributed by atoms with Gasteiger partial charge in [0, 0.05) is 43.3 Å². The summed E-state index contributed by atoms with van der Waals surface area (Å²) >= 11 is 0. The predicted octanol–water partition coefficient (Wildman–Crippen LogP) is 0.675. The van der Waals surface area contributed by atoms with Crippen molar-refractivity contribution in [2.24, 2.45) is 5.92 Å². The van der Waals surface area contributed by atoms with E-state index < -0.39 is 11.0 Å². The summed E-state index contributed by atoms with van der Waals surface area (Å²) in [5, 5.41) is 25.0. The monoisotopic (exact) mass is 446 g/mol. The average molecular weight is 447 g/mol. The van der Waals surface area contributed by atoms with Gasteiger partial charge in [0.25, 0.3) is 0 Å². The Morgan fingerprint density at radius 3 is 2.56 bits per heavy atom. The smallest absolute Gasteiger partial charge is 0.237 e. The molecular formula is C23H30N2O7. The highest BCUT2D eigenvalue weighted by Gasteiger charge is 2.72. The number of nitrogens with zero attached hydrogens (tertiary/aromatic N) is 1. The SMILES string of the molecule is COCC=C1CN2[C@@H]3C[C@]4(C(=O)Nc5c(OC)cc(OC)c(OC)c54)[C@H]2C[C@H]1[C@]3(O)CO. The van der Waals surface area contributed by atoms with E-state index in [0.717, 1.165) is 5.57 Å². The number of ether oxygens (including phenoxy) is 4. The third-order valence-corrected chi connectivity index (χ3v) is 8.05. The normalized spacial score (nSPS) is 37.7. The van der Waals surface area contributed by atoms with E-state index in [0.29, 0.717) is 54.5 Å². The summed E-state index contributed by atoms with van der Waals surface area (Å²) in [7, 11) is 6.29. The van der Waals surface area contributed by atoms with Crippen molar-refractivity contribution in [1.82, 2.24) is 4.90 Å². The highest BCUT2D eigenvalue weighted by Crippen LogP contribution is 2.65. The molecule has 1 unspecified atom stereocenters. The Kier molecular flexibility index (Phi) is 4.94. The summed E-state index contributed by atoms with van der Waals surface area (Å²) in [5.41, 5.74) is 0.0581. The zero-order valence-corrected chi connectivity index (χ0v) is 18.8. The van der Waals surface area contributed by atoms with Crippen molar-refractivity contribution in [2.45, 2.75) is 35.9 Å². The number of carbonyl (C=O) groups excluding carboxylic acids is 1. The summed E-state index contributed by atoms with van der Waals surface area (Å²) in [6.07, 6.45) is 2.89. The number of fused-ring (bicyclic) bond motifs is 3. The second-order valence-corrected chi connectivity index (χ2v) is 9.07. The first kappa shape index (κ1) is 21.5. The Balaban J connectivity index is 1.70. The molecule has 1 spiro atoms. The molecule has 5 aliphatic heterocycles. The minimum absolute atomic E-state index is 0.139. The molecule has 0 aliphatic carbocycles. The first-order valence-corrected chi connectivity index (χ1v) is 10.8. The first-order chi connectivity index (χ1) is 15.4. The Morgan fingerprint density at radius 2 is 1.94 bits per heavy atom. The van der Waals surface area contributed by atoms with E-state index in [1.807, 2.05) is 6.08 Å². The lowest BCUT2D eigenvalue weighted by Crippen LogP contribution is -2.68. The van der Waals surface area contributed by atoms with Gasteiger partial charge >= 0.3 is 0 Å². The molecule has 6 rings (SSSR count). The van der Waals surface area contributed by atoms with E-state index in [1.54, 1.807) is 34.5 Å². The van der Waals surface area contributed by atoms with Crippen LogP contribution in [-0.2, 0) is 14.9 Å². The third-order valence-electron chi connectivity index (χ3n) is 8.05. The number of anilines is 1. The van der Waals surface area contributed by atoms with Crippen LogP contribution in [0.3, 0.4) is 0 Å². The van der Waals surface area contributed by atoms with Crippen LogP contribution >= 0.6 is 0 Å². The van der Waals surface area contributed by atoms with Gasteiger partial charge < -0.3 is 34.5 Å². The number of methoxy groups -OCH3 is 4. The van der Waals surface area contributed by atoms with E-state index in [1.165, 1.54) is 0 Å². The fourth-order valence-corrected chi connectivity index (χ4v) is 6.68. The maximum absolute atomic E-state index is 13.7. The molecule has 1 amide bonds. The van der Waals surface area contributed by atoms with Crippen molar-refractivity contribution in [2.75, 3.05) is 53.5 Å². The van der Waals surface area contributed by atoms with Gasteiger partial charge in [-0.05, 0) is 12.8 Å². The molecule has 3 N–H and O–H groups in total. The van der Waals surface area contributed by atoms with Crippen molar-refractivity contribution < 1.29 is 34.0 Å². The summed E-state index contributed by atoms with van der Waals surface area (Å²) in [6.45, 7) is 0.686. The zero-order chi connectivity index (χ0) is 22.8. The number of piperidine rings is 3. The minimum Gasteiger partial charge on any atom is -0.494 e. The number of amides is 1. The van der Waals surface area contributed by atoms with Crippen LogP contribution in [0.2, 0.25) is 0 Å². The Bertz CT molecular complexity index is 995. The molecule has 32 heavy (non-hydrogen) atoms. The average Bonchev–Trinajstić information content (AvgIpc) is 3.27. The lowest BCUT2D eigenvalue weighted by Gasteiger charge is -2.56. The summed E-state index contributed by atoms with van der Waals surface area (Å²) in [4.78, 5) is 15.9. The number of carbonyl (C=O) groups is 1. The van der Waals surface area contributed by atoms with Gasteiger partial charge in [-0.1, -0.05) is 11.6 Å². The molecule has 6 atom stereocenters. The number of benzene rings is 1. The van der Waals surface area contributed by atoms with Gasteiger partial charge in [-0.3, -0.25) is 9.69 Å². The van der Waals surface area contributed by atoms with E-state index >= 15 is 0 Å². The topological polar surface area (TPSA) is 110 Å². The molecule has 5 heterocycles. The van der Waals surface area contributed by atoms with Crippen molar-refractivity contribution in [3.8, 4) is 17.2 Å². The summed E-state index contributed by atoms with van der Waals surface area (Å²) in [6, 6.07) is 1.19. The Morgan fingerprint density at radius 1 is 1.19 bits per heavy atom. The summed E-state index contributed by atoms with van der Waals surface area (Å²) < 4.78 is 22.1. The van der Waals surface area contributed by atoms with E-state index in [-0.39, 0.29) is 30.5 Å².